The molecular formula is C18H27NO. The Hall–Kier alpha value is -1.02. The number of benzene rings is 1. The average Bonchev–Trinajstić information content (AvgIpc) is 2.72. The number of fused-ring (bicyclic) bond motifs is 2. The van der Waals surface area contributed by atoms with Crippen molar-refractivity contribution in [2.45, 2.75) is 59.1 Å². The Morgan fingerprint density at radius 2 is 1.85 bits per heavy atom. The number of hydrogen-bond donors (Lipinski definition) is 1. The maximum atomic E-state index is 6.34. The van der Waals surface area contributed by atoms with E-state index in [1.807, 2.05) is 6.92 Å². The topological polar surface area (TPSA) is 35.2 Å². The Kier molecular flexibility index (Phi) is 3.13. The minimum Gasteiger partial charge on any atom is -0.490 e. The molecule has 2 bridgehead atoms. The van der Waals surface area contributed by atoms with Crippen molar-refractivity contribution in [3.8, 4) is 5.75 Å². The lowest BCUT2D eigenvalue weighted by Gasteiger charge is -2.38. The molecule has 1 aromatic rings. The zero-order valence-corrected chi connectivity index (χ0v) is 13.1. The van der Waals surface area contributed by atoms with E-state index in [0.717, 1.165) is 17.2 Å². The highest BCUT2D eigenvalue weighted by Crippen LogP contribution is 2.66. The Morgan fingerprint density at radius 1 is 1.20 bits per heavy atom. The van der Waals surface area contributed by atoms with Crippen molar-refractivity contribution >= 4 is 0 Å². The van der Waals surface area contributed by atoms with Gasteiger partial charge in [-0.15, -0.1) is 0 Å². The Labute approximate surface area is 122 Å². The summed E-state index contributed by atoms with van der Waals surface area (Å²) in [6, 6.07) is 8.40. The van der Waals surface area contributed by atoms with Gasteiger partial charge in [-0.3, -0.25) is 0 Å². The molecule has 0 aliphatic heterocycles. The molecule has 0 saturated heterocycles. The van der Waals surface area contributed by atoms with Crippen molar-refractivity contribution < 1.29 is 4.74 Å². The summed E-state index contributed by atoms with van der Waals surface area (Å²) in [6.45, 7) is 9.27. The molecule has 2 aliphatic rings. The lowest BCUT2D eigenvalue weighted by molar-refractivity contribution is 0.0301. The first-order valence-electron chi connectivity index (χ1n) is 7.87. The smallest absolute Gasteiger partial charge is 0.119 e. The minimum absolute atomic E-state index is 0.0861. The molecule has 0 amide bonds. The predicted molar refractivity (Wildman–Crippen MR) is 82.7 cm³/mol. The molecule has 0 spiro atoms. The second-order valence-electron chi connectivity index (χ2n) is 7.57. The number of rotatable bonds is 3. The van der Waals surface area contributed by atoms with Gasteiger partial charge in [-0.05, 0) is 55.2 Å². The van der Waals surface area contributed by atoms with E-state index in [-0.39, 0.29) is 6.04 Å². The third kappa shape index (κ3) is 1.88. The fourth-order valence-corrected chi connectivity index (χ4v) is 4.32. The normalized spacial score (nSPS) is 36.0. The molecule has 0 heterocycles. The maximum absolute atomic E-state index is 6.34. The van der Waals surface area contributed by atoms with Crippen LogP contribution in [-0.2, 0) is 0 Å². The standard InChI is InChI=1S/C18H27NO/c1-12(19)13-5-7-15(8-6-13)20-16-11-14-9-10-18(16,4)17(14,2)3/h5-8,12,14,16H,9-11,19H2,1-4H3/t12-,14?,16?,18?/m1/s1. The van der Waals surface area contributed by atoms with Crippen molar-refractivity contribution in [2.75, 3.05) is 0 Å². The van der Waals surface area contributed by atoms with Crippen LogP contribution in [0.4, 0.5) is 0 Å². The molecule has 0 radical (unpaired) electrons. The molecule has 2 aliphatic carbocycles. The summed E-state index contributed by atoms with van der Waals surface area (Å²) in [5.41, 5.74) is 7.78. The summed E-state index contributed by atoms with van der Waals surface area (Å²) in [4.78, 5) is 0. The molecule has 2 fully saturated rings. The Bertz CT molecular complexity index is 491. The lowest BCUT2D eigenvalue weighted by Crippen LogP contribution is -2.38. The van der Waals surface area contributed by atoms with E-state index >= 15 is 0 Å². The van der Waals surface area contributed by atoms with Crippen molar-refractivity contribution in [2.24, 2.45) is 22.5 Å². The van der Waals surface area contributed by atoms with Gasteiger partial charge in [0.05, 0.1) is 0 Å². The molecule has 110 valence electrons. The molecule has 2 saturated carbocycles. The molecule has 20 heavy (non-hydrogen) atoms. The first-order valence-corrected chi connectivity index (χ1v) is 7.87. The number of hydrogen-bond acceptors (Lipinski definition) is 2. The van der Waals surface area contributed by atoms with Crippen LogP contribution < -0.4 is 10.5 Å². The quantitative estimate of drug-likeness (QED) is 0.891. The van der Waals surface area contributed by atoms with Gasteiger partial charge in [0.2, 0.25) is 0 Å². The molecule has 0 aromatic heterocycles. The van der Waals surface area contributed by atoms with E-state index in [4.69, 9.17) is 10.5 Å². The van der Waals surface area contributed by atoms with Crippen LogP contribution in [0.3, 0.4) is 0 Å². The first-order chi connectivity index (χ1) is 9.34. The first kappa shape index (κ1) is 13.9. The van der Waals surface area contributed by atoms with Crippen molar-refractivity contribution in [1.82, 2.24) is 0 Å². The predicted octanol–water partition coefficient (Wildman–Crippen LogP) is 4.30. The van der Waals surface area contributed by atoms with Crippen LogP contribution in [0, 0.1) is 16.7 Å². The van der Waals surface area contributed by atoms with Gasteiger partial charge in [0.1, 0.15) is 11.9 Å². The molecule has 4 atom stereocenters. The summed E-state index contributed by atoms with van der Waals surface area (Å²) in [7, 11) is 0. The van der Waals surface area contributed by atoms with E-state index in [1.165, 1.54) is 19.3 Å². The molecule has 1 aromatic carbocycles. The van der Waals surface area contributed by atoms with Gasteiger partial charge < -0.3 is 10.5 Å². The van der Waals surface area contributed by atoms with E-state index < -0.39 is 0 Å². The van der Waals surface area contributed by atoms with Gasteiger partial charge in [-0.25, -0.2) is 0 Å². The van der Waals surface area contributed by atoms with Crippen molar-refractivity contribution in [1.29, 1.82) is 0 Å². The highest BCUT2D eigenvalue weighted by molar-refractivity contribution is 5.29. The molecular weight excluding hydrogens is 246 g/mol. The average molecular weight is 273 g/mol. The molecule has 3 unspecified atom stereocenters. The van der Waals surface area contributed by atoms with Gasteiger partial charge >= 0.3 is 0 Å². The molecule has 2 nitrogen and oxygen atoms in total. The van der Waals surface area contributed by atoms with Gasteiger partial charge in [0, 0.05) is 11.5 Å². The summed E-state index contributed by atoms with van der Waals surface area (Å²) in [5, 5.41) is 0. The highest BCUT2D eigenvalue weighted by atomic mass is 16.5. The summed E-state index contributed by atoms with van der Waals surface area (Å²) < 4.78 is 6.34. The zero-order chi connectivity index (χ0) is 14.5. The largest absolute Gasteiger partial charge is 0.490 e. The van der Waals surface area contributed by atoms with Crippen LogP contribution in [0.5, 0.6) is 5.75 Å². The van der Waals surface area contributed by atoms with Crippen LogP contribution in [0.1, 0.15) is 58.6 Å². The second-order valence-corrected chi connectivity index (χ2v) is 7.57. The zero-order valence-electron chi connectivity index (χ0n) is 13.1. The van der Waals surface area contributed by atoms with Gasteiger partial charge in [0.15, 0.2) is 0 Å². The van der Waals surface area contributed by atoms with Crippen molar-refractivity contribution in [3.05, 3.63) is 29.8 Å². The van der Waals surface area contributed by atoms with Gasteiger partial charge in [-0.2, -0.15) is 0 Å². The number of ether oxygens (including phenoxy) is 1. The number of nitrogens with two attached hydrogens (primary N) is 1. The van der Waals surface area contributed by atoms with E-state index in [0.29, 0.717) is 16.9 Å². The van der Waals surface area contributed by atoms with Gasteiger partial charge in [0.25, 0.3) is 0 Å². The van der Waals surface area contributed by atoms with Gasteiger partial charge in [-0.1, -0.05) is 32.9 Å². The van der Waals surface area contributed by atoms with E-state index in [2.05, 4.69) is 45.0 Å². The van der Waals surface area contributed by atoms with Crippen LogP contribution in [0.25, 0.3) is 0 Å². The fraction of sp³-hybridized carbons (Fsp3) is 0.667. The third-order valence-electron chi connectivity index (χ3n) is 6.40. The summed E-state index contributed by atoms with van der Waals surface area (Å²) >= 11 is 0. The summed E-state index contributed by atoms with van der Waals surface area (Å²) in [6.07, 6.45) is 4.23. The monoisotopic (exact) mass is 273 g/mol. The minimum atomic E-state index is 0.0861. The Morgan fingerprint density at radius 3 is 2.30 bits per heavy atom. The van der Waals surface area contributed by atoms with E-state index in [9.17, 15) is 0 Å². The maximum Gasteiger partial charge on any atom is 0.119 e. The second kappa shape index (κ2) is 4.49. The molecule has 2 N–H and O–H groups in total. The Balaban J connectivity index is 1.76. The van der Waals surface area contributed by atoms with Crippen molar-refractivity contribution in [3.63, 3.8) is 0 Å². The molecule has 2 heteroatoms. The van der Waals surface area contributed by atoms with Crippen LogP contribution in [-0.4, -0.2) is 6.10 Å². The lowest BCUT2D eigenvalue weighted by atomic mass is 9.70. The molecule has 3 rings (SSSR count). The van der Waals surface area contributed by atoms with E-state index in [1.54, 1.807) is 0 Å². The highest BCUT2D eigenvalue weighted by Gasteiger charge is 2.62. The van der Waals surface area contributed by atoms with Crippen LogP contribution in [0.15, 0.2) is 24.3 Å². The summed E-state index contributed by atoms with van der Waals surface area (Å²) in [5.74, 6) is 1.81. The fourth-order valence-electron chi connectivity index (χ4n) is 4.32. The third-order valence-corrected chi connectivity index (χ3v) is 6.40. The van der Waals surface area contributed by atoms with Crippen LogP contribution in [0.2, 0.25) is 0 Å². The SMILES string of the molecule is C[C@@H](N)c1ccc(OC2CC3CCC2(C)C3(C)C)cc1. The van der Waals surface area contributed by atoms with Crippen LogP contribution >= 0.6 is 0 Å².